The summed E-state index contributed by atoms with van der Waals surface area (Å²) in [6, 6.07) is 6.01. The van der Waals surface area contributed by atoms with Crippen LogP contribution in [-0.2, 0) is 15.3 Å². The van der Waals surface area contributed by atoms with Crippen molar-refractivity contribution >= 4 is 17.3 Å². The van der Waals surface area contributed by atoms with Crippen LogP contribution in [0, 0.1) is 10.1 Å². The maximum Gasteiger partial charge on any atom is 0.269 e. The molecule has 0 saturated carbocycles. The van der Waals surface area contributed by atoms with Crippen LogP contribution in [0.25, 0.3) is 0 Å². The van der Waals surface area contributed by atoms with Crippen molar-refractivity contribution in [3.05, 3.63) is 39.9 Å². The van der Waals surface area contributed by atoms with Gasteiger partial charge in [0.15, 0.2) is 0 Å². The van der Waals surface area contributed by atoms with Gasteiger partial charge in [-0.15, -0.1) is 11.6 Å². The van der Waals surface area contributed by atoms with Gasteiger partial charge in [-0.2, -0.15) is 0 Å². The Hall–Kier alpha value is -1.17. The second-order valence-corrected chi connectivity index (χ2v) is 3.37. The van der Waals surface area contributed by atoms with Crippen molar-refractivity contribution in [3.63, 3.8) is 0 Å². The lowest BCUT2D eigenvalue weighted by Gasteiger charge is -2.28. The molecule has 0 atom stereocenters. The van der Waals surface area contributed by atoms with Gasteiger partial charge < -0.3 is 9.47 Å². The molecule has 0 aliphatic rings. The second kappa shape index (κ2) is 5.25. The second-order valence-electron chi connectivity index (χ2n) is 3.10. The normalized spacial score (nSPS) is 11.4. The number of ether oxygens (including phenoxy) is 2. The molecular formula is C10H12ClNO4. The zero-order chi connectivity index (χ0) is 12.2. The average Bonchev–Trinajstić information content (AvgIpc) is 2.32. The topological polar surface area (TPSA) is 61.6 Å². The third kappa shape index (κ3) is 2.32. The minimum atomic E-state index is -1.15. The molecule has 1 aromatic carbocycles. The van der Waals surface area contributed by atoms with Crippen molar-refractivity contribution in [2.45, 2.75) is 5.79 Å². The third-order valence-corrected chi connectivity index (χ3v) is 2.68. The molecule has 1 aromatic rings. The van der Waals surface area contributed by atoms with Gasteiger partial charge >= 0.3 is 0 Å². The highest BCUT2D eigenvalue weighted by atomic mass is 35.5. The summed E-state index contributed by atoms with van der Waals surface area (Å²) in [7, 11) is 2.87. The van der Waals surface area contributed by atoms with Gasteiger partial charge in [0.2, 0.25) is 5.79 Å². The molecule has 0 heterocycles. The monoisotopic (exact) mass is 245 g/mol. The third-order valence-electron chi connectivity index (χ3n) is 2.33. The number of alkyl halides is 1. The Bertz CT molecular complexity index is 371. The standard InChI is InChI=1S/C10H12ClNO4/c1-15-10(7-11,16-2)8-4-3-5-9(6-8)12(13)14/h3-6H,7H2,1-2H3. The summed E-state index contributed by atoms with van der Waals surface area (Å²) < 4.78 is 10.4. The minimum Gasteiger partial charge on any atom is -0.348 e. The number of rotatable bonds is 5. The smallest absolute Gasteiger partial charge is 0.269 e. The first kappa shape index (κ1) is 12.9. The van der Waals surface area contributed by atoms with Crippen molar-refractivity contribution < 1.29 is 14.4 Å². The van der Waals surface area contributed by atoms with Crippen LogP contribution >= 0.6 is 11.6 Å². The Morgan fingerprint density at radius 2 is 2.06 bits per heavy atom. The van der Waals surface area contributed by atoms with Crippen molar-refractivity contribution in [2.24, 2.45) is 0 Å². The number of nitro groups is 1. The number of benzene rings is 1. The maximum atomic E-state index is 10.6. The molecule has 0 aliphatic heterocycles. The van der Waals surface area contributed by atoms with E-state index in [0.29, 0.717) is 5.56 Å². The van der Waals surface area contributed by atoms with Crippen LogP contribution in [0.4, 0.5) is 5.69 Å². The van der Waals surface area contributed by atoms with E-state index in [9.17, 15) is 10.1 Å². The van der Waals surface area contributed by atoms with E-state index in [4.69, 9.17) is 21.1 Å². The highest BCUT2D eigenvalue weighted by Gasteiger charge is 2.32. The number of halogens is 1. The summed E-state index contributed by atoms with van der Waals surface area (Å²) in [5.74, 6) is -1.10. The number of hydrogen-bond acceptors (Lipinski definition) is 4. The summed E-state index contributed by atoms with van der Waals surface area (Å²) >= 11 is 5.77. The Balaban J connectivity index is 3.20. The number of non-ortho nitro benzene ring substituents is 1. The molecule has 0 unspecified atom stereocenters. The van der Waals surface area contributed by atoms with Gasteiger partial charge in [0.05, 0.1) is 10.8 Å². The first-order chi connectivity index (χ1) is 7.59. The Labute approximate surface area is 98.1 Å². The van der Waals surface area contributed by atoms with Gasteiger partial charge in [-0.3, -0.25) is 10.1 Å². The van der Waals surface area contributed by atoms with Crippen LogP contribution < -0.4 is 0 Å². The zero-order valence-corrected chi connectivity index (χ0v) is 9.73. The van der Waals surface area contributed by atoms with Crippen LogP contribution in [-0.4, -0.2) is 25.0 Å². The van der Waals surface area contributed by atoms with Gasteiger partial charge in [0, 0.05) is 31.9 Å². The fourth-order valence-electron chi connectivity index (χ4n) is 1.36. The lowest BCUT2D eigenvalue weighted by molar-refractivity contribution is -0.385. The summed E-state index contributed by atoms with van der Waals surface area (Å²) in [5, 5.41) is 10.6. The lowest BCUT2D eigenvalue weighted by atomic mass is 10.1. The Morgan fingerprint density at radius 3 is 2.50 bits per heavy atom. The lowest BCUT2D eigenvalue weighted by Crippen LogP contribution is -2.32. The van der Waals surface area contributed by atoms with E-state index in [1.165, 1.54) is 26.4 Å². The highest BCUT2D eigenvalue weighted by molar-refractivity contribution is 6.18. The average molecular weight is 246 g/mol. The van der Waals surface area contributed by atoms with Crippen molar-refractivity contribution in [2.75, 3.05) is 20.1 Å². The van der Waals surface area contributed by atoms with Gasteiger partial charge in [0.25, 0.3) is 5.69 Å². The zero-order valence-electron chi connectivity index (χ0n) is 8.97. The number of methoxy groups -OCH3 is 2. The van der Waals surface area contributed by atoms with Crippen LogP contribution in [0.3, 0.4) is 0 Å². The fourth-order valence-corrected chi connectivity index (χ4v) is 1.73. The summed E-state index contributed by atoms with van der Waals surface area (Å²) in [4.78, 5) is 10.2. The molecule has 0 N–H and O–H groups in total. The SMILES string of the molecule is COC(CCl)(OC)c1cccc([N+](=O)[O-])c1. The molecule has 0 fully saturated rings. The van der Waals surface area contributed by atoms with Crippen LogP contribution in [0.2, 0.25) is 0 Å². The van der Waals surface area contributed by atoms with E-state index in [1.54, 1.807) is 12.1 Å². The number of nitrogens with zero attached hydrogens (tertiary/aromatic N) is 1. The molecule has 16 heavy (non-hydrogen) atoms. The Morgan fingerprint density at radius 1 is 1.44 bits per heavy atom. The predicted molar refractivity (Wildman–Crippen MR) is 59.5 cm³/mol. The summed E-state index contributed by atoms with van der Waals surface area (Å²) in [6.45, 7) is 0. The summed E-state index contributed by atoms with van der Waals surface area (Å²) in [6.07, 6.45) is 0. The Kier molecular flexibility index (Phi) is 4.23. The molecule has 6 heteroatoms. The molecule has 0 radical (unpaired) electrons. The molecular weight excluding hydrogens is 234 g/mol. The van der Waals surface area contributed by atoms with Crippen molar-refractivity contribution in [1.82, 2.24) is 0 Å². The molecule has 0 spiro atoms. The van der Waals surface area contributed by atoms with Gasteiger partial charge in [-0.25, -0.2) is 0 Å². The molecule has 0 bridgehead atoms. The molecule has 0 aliphatic carbocycles. The fraction of sp³-hybridized carbons (Fsp3) is 0.400. The molecule has 5 nitrogen and oxygen atoms in total. The predicted octanol–water partition coefficient (Wildman–Crippen LogP) is 2.28. The van der Waals surface area contributed by atoms with Gasteiger partial charge in [0.1, 0.15) is 0 Å². The molecule has 0 aromatic heterocycles. The van der Waals surface area contributed by atoms with E-state index >= 15 is 0 Å². The molecule has 0 amide bonds. The number of nitro benzene ring substituents is 1. The molecule has 1 rings (SSSR count). The van der Waals surface area contributed by atoms with Crippen molar-refractivity contribution in [3.8, 4) is 0 Å². The van der Waals surface area contributed by atoms with Crippen LogP contribution in [0.5, 0.6) is 0 Å². The maximum absolute atomic E-state index is 10.6. The molecule has 0 saturated heterocycles. The van der Waals surface area contributed by atoms with Gasteiger partial charge in [-0.1, -0.05) is 12.1 Å². The summed E-state index contributed by atoms with van der Waals surface area (Å²) in [5.41, 5.74) is 0.489. The first-order valence-electron chi connectivity index (χ1n) is 4.51. The van der Waals surface area contributed by atoms with E-state index < -0.39 is 10.7 Å². The van der Waals surface area contributed by atoms with Gasteiger partial charge in [-0.05, 0) is 0 Å². The first-order valence-corrected chi connectivity index (χ1v) is 5.04. The van der Waals surface area contributed by atoms with E-state index in [-0.39, 0.29) is 11.6 Å². The highest BCUT2D eigenvalue weighted by Crippen LogP contribution is 2.29. The minimum absolute atomic E-state index is 0.0268. The van der Waals surface area contributed by atoms with Crippen LogP contribution in [0.1, 0.15) is 5.56 Å². The number of hydrogen-bond donors (Lipinski definition) is 0. The van der Waals surface area contributed by atoms with E-state index in [2.05, 4.69) is 0 Å². The molecule has 88 valence electrons. The van der Waals surface area contributed by atoms with E-state index in [1.807, 2.05) is 0 Å². The van der Waals surface area contributed by atoms with Crippen molar-refractivity contribution in [1.29, 1.82) is 0 Å². The van der Waals surface area contributed by atoms with Crippen LogP contribution in [0.15, 0.2) is 24.3 Å². The quantitative estimate of drug-likeness (QED) is 0.346. The largest absolute Gasteiger partial charge is 0.348 e. The van der Waals surface area contributed by atoms with E-state index in [0.717, 1.165) is 0 Å².